The molecule has 1 amide bonds. The van der Waals surface area contributed by atoms with Gasteiger partial charge in [0.25, 0.3) is 15.9 Å². The van der Waals surface area contributed by atoms with Crippen molar-refractivity contribution < 1.29 is 17.6 Å². The lowest BCUT2D eigenvalue weighted by atomic mass is 10.1. The van der Waals surface area contributed by atoms with Crippen molar-refractivity contribution in [3.8, 4) is 0 Å². The molecular weight excluding hydrogens is 369 g/mol. The molecule has 0 unspecified atom stereocenters. The molecule has 1 aromatic carbocycles. The highest BCUT2D eigenvalue weighted by Gasteiger charge is 2.34. The van der Waals surface area contributed by atoms with Crippen LogP contribution in [-0.2, 0) is 21.2 Å². The third-order valence-electron chi connectivity index (χ3n) is 4.85. The van der Waals surface area contributed by atoms with E-state index in [0.29, 0.717) is 24.4 Å². The number of hydrogen-bond donors (Lipinski definition) is 0. The van der Waals surface area contributed by atoms with Crippen LogP contribution in [0.5, 0.6) is 0 Å². The van der Waals surface area contributed by atoms with Crippen LogP contribution in [0.4, 0.5) is 4.39 Å². The molecule has 3 aliphatic rings. The zero-order valence-corrected chi connectivity index (χ0v) is 15.5. The summed E-state index contributed by atoms with van der Waals surface area (Å²) in [5, 5.41) is 0. The van der Waals surface area contributed by atoms with Crippen LogP contribution >= 0.6 is 0 Å². The Morgan fingerprint density at radius 3 is 2.85 bits per heavy atom. The Hall–Kier alpha value is -2.48. The van der Waals surface area contributed by atoms with E-state index in [9.17, 15) is 17.6 Å². The molecule has 0 aromatic heterocycles. The van der Waals surface area contributed by atoms with Gasteiger partial charge in [-0.05, 0) is 49.1 Å². The highest BCUT2D eigenvalue weighted by atomic mass is 32.2. The summed E-state index contributed by atoms with van der Waals surface area (Å²) in [6.07, 6.45) is 7.40. The average molecular weight is 389 g/mol. The largest absolute Gasteiger partial charge is 0.335 e. The van der Waals surface area contributed by atoms with Gasteiger partial charge in [0.2, 0.25) is 0 Å². The summed E-state index contributed by atoms with van der Waals surface area (Å²) in [6, 6.07) is 6.65. The fraction of sp³-hybridized carbons (Fsp3) is 0.368. The molecule has 1 aliphatic carbocycles. The van der Waals surface area contributed by atoms with E-state index < -0.39 is 10.0 Å². The molecule has 0 N–H and O–H groups in total. The van der Waals surface area contributed by atoms with Gasteiger partial charge >= 0.3 is 0 Å². The smallest absolute Gasteiger partial charge is 0.256 e. The van der Waals surface area contributed by atoms with Crippen LogP contribution < -0.4 is 0 Å². The summed E-state index contributed by atoms with van der Waals surface area (Å²) in [6.45, 7) is 0.808. The Balaban J connectivity index is 1.48. The maximum atomic E-state index is 13.4. The number of amidine groups is 1. The van der Waals surface area contributed by atoms with Crippen molar-refractivity contribution in [3.05, 3.63) is 59.6 Å². The van der Waals surface area contributed by atoms with Crippen LogP contribution in [0.3, 0.4) is 0 Å². The molecular formula is C19H20FN3O3S. The van der Waals surface area contributed by atoms with Crippen LogP contribution in [0.2, 0.25) is 0 Å². The molecule has 2 heterocycles. The van der Waals surface area contributed by atoms with Gasteiger partial charge in [0, 0.05) is 25.3 Å². The quantitative estimate of drug-likeness (QED) is 0.771. The Labute approximate surface area is 157 Å². The molecule has 2 aliphatic heterocycles. The summed E-state index contributed by atoms with van der Waals surface area (Å²) in [7, 11) is -3.41. The van der Waals surface area contributed by atoms with Crippen LogP contribution in [0, 0.1) is 5.82 Å². The monoisotopic (exact) mass is 389 g/mol. The lowest BCUT2D eigenvalue weighted by Gasteiger charge is -2.29. The maximum absolute atomic E-state index is 13.4. The molecule has 4 rings (SSSR count). The van der Waals surface area contributed by atoms with Crippen LogP contribution in [0.25, 0.3) is 0 Å². The first kappa shape index (κ1) is 17.9. The summed E-state index contributed by atoms with van der Waals surface area (Å²) < 4.78 is 40.3. The number of amides is 1. The Bertz CT molecular complexity index is 964. The fourth-order valence-corrected chi connectivity index (χ4v) is 4.24. The van der Waals surface area contributed by atoms with Gasteiger partial charge in [0.05, 0.1) is 11.3 Å². The summed E-state index contributed by atoms with van der Waals surface area (Å²) >= 11 is 0. The SMILES string of the molecule is O=C(C1=CN2CCS(=O)(=O)N=C2C=C1)N(CCc1cccc(F)c1)C1CC1. The summed E-state index contributed by atoms with van der Waals surface area (Å²) in [4.78, 5) is 16.6. The molecule has 0 atom stereocenters. The second kappa shape index (κ2) is 6.92. The number of halogens is 1. The van der Waals surface area contributed by atoms with Crippen molar-refractivity contribution in [2.75, 3.05) is 18.8 Å². The normalized spacial score (nSPS) is 20.6. The Kier molecular flexibility index (Phi) is 4.59. The van der Waals surface area contributed by atoms with Crippen molar-refractivity contribution in [3.63, 3.8) is 0 Å². The van der Waals surface area contributed by atoms with Crippen LogP contribution in [0.1, 0.15) is 18.4 Å². The number of carbonyl (C=O) groups excluding carboxylic acids is 1. The van der Waals surface area contributed by atoms with Crippen molar-refractivity contribution in [1.29, 1.82) is 0 Å². The molecule has 0 saturated heterocycles. The standard InChI is InChI=1S/C19H20FN3O3S/c20-16-3-1-2-14(12-16)8-9-23(17-5-6-17)19(24)15-4-7-18-21-27(25,26)11-10-22(18)13-15/h1-4,7,12-13,17H,5-6,8-11H2. The van der Waals surface area contributed by atoms with E-state index >= 15 is 0 Å². The molecule has 1 fully saturated rings. The van der Waals surface area contributed by atoms with Gasteiger partial charge in [-0.1, -0.05) is 12.1 Å². The van der Waals surface area contributed by atoms with Crippen molar-refractivity contribution >= 4 is 21.8 Å². The first-order valence-corrected chi connectivity index (χ1v) is 10.6. The van der Waals surface area contributed by atoms with E-state index in [1.165, 1.54) is 12.1 Å². The topological polar surface area (TPSA) is 70.0 Å². The molecule has 27 heavy (non-hydrogen) atoms. The van der Waals surface area contributed by atoms with Crippen molar-refractivity contribution in [2.24, 2.45) is 4.40 Å². The van der Waals surface area contributed by atoms with Gasteiger partial charge in [-0.15, -0.1) is 4.40 Å². The Morgan fingerprint density at radius 1 is 1.30 bits per heavy atom. The molecule has 1 aromatic rings. The van der Waals surface area contributed by atoms with Gasteiger partial charge in [0.15, 0.2) is 0 Å². The maximum Gasteiger partial charge on any atom is 0.256 e. The summed E-state index contributed by atoms with van der Waals surface area (Å²) in [5.41, 5.74) is 1.37. The van der Waals surface area contributed by atoms with Crippen molar-refractivity contribution in [2.45, 2.75) is 25.3 Å². The van der Waals surface area contributed by atoms with Crippen LogP contribution in [0.15, 0.2) is 52.6 Å². The second-order valence-electron chi connectivity index (χ2n) is 6.96. The molecule has 1 saturated carbocycles. The lowest BCUT2D eigenvalue weighted by molar-refractivity contribution is -0.127. The third-order valence-corrected chi connectivity index (χ3v) is 6.01. The minimum atomic E-state index is -3.41. The molecule has 6 nitrogen and oxygen atoms in total. The highest BCUT2D eigenvalue weighted by molar-refractivity contribution is 7.90. The van der Waals surface area contributed by atoms with E-state index in [2.05, 4.69) is 4.40 Å². The lowest BCUT2D eigenvalue weighted by Crippen LogP contribution is -2.40. The summed E-state index contributed by atoms with van der Waals surface area (Å²) in [5.74, 6) is -0.0800. The average Bonchev–Trinajstić information content (AvgIpc) is 3.46. The predicted molar refractivity (Wildman–Crippen MR) is 100.0 cm³/mol. The van der Waals surface area contributed by atoms with Crippen molar-refractivity contribution in [1.82, 2.24) is 9.80 Å². The number of nitrogens with zero attached hydrogens (tertiary/aromatic N) is 3. The predicted octanol–water partition coefficient (Wildman–Crippen LogP) is 1.86. The number of sulfonamides is 1. The molecule has 0 radical (unpaired) electrons. The third kappa shape index (κ3) is 4.10. The minimum Gasteiger partial charge on any atom is -0.335 e. The number of carbonyl (C=O) groups is 1. The molecule has 0 bridgehead atoms. The number of benzene rings is 1. The molecule has 0 spiro atoms. The molecule has 8 heteroatoms. The van der Waals surface area contributed by atoms with Gasteiger partial charge in [-0.3, -0.25) is 4.79 Å². The van der Waals surface area contributed by atoms with E-state index in [-0.39, 0.29) is 30.1 Å². The van der Waals surface area contributed by atoms with Gasteiger partial charge in [0.1, 0.15) is 11.7 Å². The number of fused-ring (bicyclic) bond motifs is 1. The van der Waals surface area contributed by atoms with E-state index in [1.807, 2.05) is 11.0 Å². The number of rotatable bonds is 5. The first-order chi connectivity index (χ1) is 12.9. The van der Waals surface area contributed by atoms with Gasteiger partial charge < -0.3 is 9.80 Å². The zero-order chi connectivity index (χ0) is 19.0. The van der Waals surface area contributed by atoms with Gasteiger partial charge in [-0.2, -0.15) is 0 Å². The first-order valence-electron chi connectivity index (χ1n) is 8.96. The minimum absolute atomic E-state index is 0.0613. The van der Waals surface area contributed by atoms with E-state index in [1.54, 1.807) is 29.3 Å². The second-order valence-corrected chi connectivity index (χ2v) is 8.71. The Morgan fingerprint density at radius 2 is 2.11 bits per heavy atom. The van der Waals surface area contributed by atoms with E-state index in [0.717, 1.165) is 18.4 Å². The highest BCUT2D eigenvalue weighted by Crippen LogP contribution is 2.29. The number of hydrogen-bond acceptors (Lipinski definition) is 4. The van der Waals surface area contributed by atoms with Gasteiger partial charge in [-0.25, -0.2) is 12.8 Å². The van der Waals surface area contributed by atoms with E-state index in [4.69, 9.17) is 0 Å². The zero-order valence-electron chi connectivity index (χ0n) is 14.7. The fourth-order valence-electron chi connectivity index (χ4n) is 3.27. The van der Waals surface area contributed by atoms with Crippen LogP contribution in [-0.4, -0.2) is 54.8 Å². The molecule has 142 valence electrons.